The standard InChI is InChI=1S/C18H19ClN2O4S/c1-25-17-9-6-14(19)12-16(17)20-18(22)13-4-7-15(8-5-13)26(23,24)21-10-2-3-11-21/h4-9,12H,2-3,10-11H2,1H3,(H,20,22). The highest BCUT2D eigenvalue weighted by Crippen LogP contribution is 2.28. The quantitative estimate of drug-likeness (QED) is 0.843. The van der Waals surface area contributed by atoms with E-state index in [0.717, 1.165) is 12.8 Å². The Balaban J connectivity index is 1.78. The van der Waals surface area contributed by atoms with Gasteiger partial charge in [-0.15, -0.1) is 0 Å². The van der Waals surface area contributed by atoms with E-state index in [1.807, 2.05) is 0 Å². The summed E-state index contributed by atoms with van der Waals surface area (Å²) in [6.45, 7) is 1.08. The van der Waals surface area contributed by atoms with E-state index in [0.29, 0.717) is 35.1 Å². The number of hydrogen-bond acceptors (Lipinski definition) is 4. The molecule has 1 saturated heterocycles. The Hall–Kier alpha value is -2.09. The highest BCUT2D eigenvalue weighted by atomic mass is 35.5. The van der Waals surface area contributed by atoms with Crippen molar-refractivity contribution in [1.82, 2.24) is 4.31 Å². The summed E-state index contributed by atoms with van der Waals surface area (Å²) in [4.78, 5) is 12.6. The maximum Gasteiger partial charge on any atom is 0.255 e. The van der Waals surface area contributed by atoms with Gasteiger partial charge in [0.05, 0.1) is 17.7 Å². The van der Waals surface area contributed by atoms with Gasteiger partial charge in [-0.1, -0.05) is 11.6 Å². The van der Waals surface area contributed by atoms with Crippen LogP contribution in [0, 0.1) is 0 Å². The molecule has 2 aromatic rings. The highest BCUT2D eigenvalue weighted by molar-refractivity contribution is 7.89. The summed E-state index contributed by atoms with van der Waals surface area (Å²) >= 11 is 5.96. The SMILES string of the molecule is COc1ccc(Cl)cc1NC(=O)c1ccc(S(=O)(=O)N2CCCC2)cc1. The van der Waals surface area contributed by atoms with Gasteiger partial charge in [0.1, 0.15) is 5.75 Å². The lowest BCUT2D eigenvalue weighted by atomic mass is 10.2. The van der Waals surface area contributed by atoms with Crippen molar-refractivity contribution in [3.63, 3.8) is 0 Å². The number of sulfonamides is 1. The van der Waals surface area contributed by atoms with Crippen molar-refractivity contribution in [3.05, 3.63) is 53.1 Å². The van der Waals surface area contributed by atoms with Gasteiger partial charge in [0.15, 0.2) is 0 Å². The Kier molecular flexibility index (Phi) is 5.50. The van der Waals surface area contributed by atoms with Crippen molar-refractivity contribution in [2.45, 2.75) is 17.7 Å². The van der Waals surface area contributed by atoms with Gasteiger partial charge in [-0.25, -0.2) is 8.42 Å². The first-order valence-corrected chi connectivity index (χ1v) is 9.99. The molecule has 8 heteroatoms. The first kappa shape index (κ1) is 18.7. The lowest BCUT2D eigenvalue weighted by molar-refractivity contribution is 0.102. The maximum atomic E-state index is 12.5. The third kappa shape index (κ3) is 3.85. The fraction of sp³-hybridized carbons (Fsp3) is 0.278. The number of rotatable bonds is 5. The Bertz CT molecular complexity index is 907. The molecule has 0 saturated carbocycles. The largest absolute Gasteiger partial charge is 0.495 e. The monoisotopic (exact) mass is 394 g/mol. The molecule has 0 unspecified atom stereocenters. The minimum Gasteiger partial charge on any atom is -0.495 e. The van der Waals surface area contributed by atoms with Crippen LogP contribution in [0.5, 0.6) is 5.75 Å². The molecule has 1 fully saturated rings. The van der Waals surface area contributed by atoms with Crippen molar-refractivity contribution in [2.24, 2.45) is 0 Å². The minimum atomic E-state index is -3.49. The predicted molar refractivity (Wildman–Crippen MR) is 100 cm³/mol. The smallest absolute Gasteiger partial charge is 0.255 e. The van der Waals surface area contributed by atoms with Crippen molar-refractivity contribution >= 4 is 33.2 Å². The van der Waals surface area contributed by atoms with E-state index < -0.39 is 10.0 Å². The summed E-state index contributed by atoms with van der Waals surface area (Å²) in [5.74, 6) is 0.103. The molecular formula is C18H19ClN2O4S. The summed E-state index contributed by atoms with van der Waals surface area (Å²) in [7, 11) is -2.00. The molecule has 0 atom stereocenters. The van der Waals surface area contributed by atoms with E-state index in [1.165, 1.54) is 35.7 Å². The average molecular weight is 395 g/mol. The zero-order chi connectivity index (χ0) is 18.7. The molecule has 3 rings (SSSR count). The Morgan fingerprint density at radius 2 is 1.77 bits per heavy atom. The molecule has 1 aliphatic heterocycles. The van der Waals surface area contributed by atoms with E-state index in [2.05, 4.69) is 5.32 Å². The van der Waals surface area contributed by atoms with E-state index in [1.54, 1.807) is 18.2 Å². The van der Waals surface area contributed by atoms with Crippen molar-refractivity contribution in [1.29, 1.82) is 0 Å². The van der Waals surface area contributed by atoms with Crippen LogP contribution in [0.4, 0.5) is 5.69 Å². The first-order chi connectivity index (χ1) is 12.4. The third-order valence-electron chi connectivity index (χ3n) is 4.23. The lowest BCUT2D eigenvalue weighted by Crippen LogP contribution is -2.27. The number of halogens is 1. The van der Waals surface area contributed by atoms with Crippen LogP contribution in [0.15, 0.2) is 47.4 Å². The van der Waals surface area contributed by atoms with Gasteiger partial charge in [0.25, 0.3) is 5.91 Å². The molecule has 138 valence electrons. The molecule has 1 heterocycles. The highest BCUT2D eigenvalue weighted by Gasteiger charge is 2.27. The molecule has 0 bridgehead atoms. The average Bonchev–Trinajstić information content (AvgIpc) is 3.17. The third-order valence-corrected chi connectivity index (χ3v) is 6.38. The number of amides is 1. The molecule has 0 spiro atoms. The molecule has 2 aromatic carbocycles. The Morgan fingerprint density at radius 3 is 2.38 bits per heavy atom. The maximum absolute atomic E-state index is 12.5. The predicted octanol–water partition coefficient (Wildman–Crippen LogP) is 3.39. The zero-order valence-corrected chi connectivity index (χ0v) is 15.8. The Morgan fingerprint density at radius 1 is 1.12 bits per heavy atom. The summed E-state index contributed by atoms with van der Waals surface area (Å²) in [6.07, 6.45) is 1.75. The van der Waals surface area contributed by atoms with Gasteiger partial charge in [-0.2, -0.15) is 4.31 Å². The van der Waals surface area contributed by atoms with Crippen LogP contribution in [0.3, 0.4) is 0 Å². The topological polar surface area (TPSA) is 75.7 Å². The molecule has 1 aliphatic rings. The normalized spacial score (nSPS) is 15.0. The van der Waals surface area contributed by atoms with Crippen molar-refractivity contribution in [3.8, 4) is 5.75 Å². The fourth-order valence-electron chi connectivity index (χ4n) is 2.83. The van der Waals surface area contributed by atoms with Gasteiger partial charge in [-0.3, -0.25) is 4.79 Å². The summed E-state index contributed by atoms with van der Waals surface area (Å²) < 4.78 is 31.7. The number of nitrogens with zero attached hydrogens (tertiary/aromatic N) is 1. The number of benzene rings is 2. The van der Waals surface area contributed by atoms with E-state index in [4.69, 9.17) is 16.3 Å². The van der Waals surface area contributed by atoms with Gasteiger partial charge in [0, 0.05) is 23.7 Å². The number of carbonyl (C=O) groups is 1. The van der Waals surface area contributed by atoms with Crippen LogP contribution in [0.2, 0.25) is 5.02 Å². The second-order valence-corrected chi connectivity index (χ2v) is 8.31. The number of carbonyl (C=O) groups excluding carboxylic acids is 1. The van der Waals surface area contributed by atoms with Crippen LogP contribution >= 0.6 is 11.6 Å². The summed E-state index contributed by atoms with van der Waals surface area (Å²) in [5, 5.41) is 3.19. The van der Waals surface area contributed by atoms with Gasteiger partial charge < -0.3 is 10.1 Å². The summed E-state index contributed by atoms with van der Waals surface area (Å²) in [5.41, 5.74) is 0.783. The molecule has 1 N–H and O–H groups in total. The molecule has 0 aromatic heterocycles. The minimum absolute atomic E-state index is 0.191. The van der Waals surface area contributed by atoms with E-state index >= 15 is 0 Å². The summed E-state index contributed by atoms with van der Waals surface area (Å²) in [6, 6.07) is 10.8. The number of methoxy groups -OCH3 is 1. The number of ether oxygens (including phenoxy) is 1. The first-order valence-electron chi connectivity index (χ1n) is 8.17. The van der Waals surface area contributed by atoms with E-state index in [-0.39, 0.29) is 10.8 Å². The molecule has 1 amide bonds. The number of nitrogens with one attached hydrogen (secondary N) is 1. The van der Waals surface area contributed by atoms with E-state index in [9.17, 15) is 13.2 Å². The lowest BCUT2D eigenvalue weighted by Gasteiger charge is -2.15. The van der Waals surface area contributed by atoms with Gasteiger partial charge in [0.2, 0.25) is 10.0 Å². The molecular weight excluding hydrogens is 376 g/mol. The zero-order valence-electron chi connectivity index (χ0n) is 14.2. The van der Waals surface area contributed by atoms with Crippen LogP contribution in [-0.2, 0) is 10.0 Å². The van der Waals surface area contributed by atoms with Crippen LogP contribution in [0.25, 0.3) is 0 Å². The number of anilines is 1. The van der Waals surface area contributed by atoms with Crippen molar-refractivity contribution in [2.75, 3.05) is 25.5 Å². The second kappa shape index (κ2) is 7.65. The van der Waals surface area contributed by atoms with Crippen LogP contribution in [-0.4, -0.2) is 38.8 Å². The second-order valence-electron chi connectivity index (χ2n) is 5.93. The fourth-order valence-corrected chi connectivity index (χ4v) is 4.52. The number of hydrogen-bond donors (Lipinski definition) is 1. The van der Waals surface area contributed by atoms with Crippen molar-refractivity contribution < 1.29 is 17.9 Å². The molecule has 26 heavy (non-hydrogen) atoms. The molecule has 0 radical (unpaired) electrons. The Labute approximate surface area is 157 Å². The van der Waals surface area contributed by atoms with Gasteiger partial charge >= 0.3 is 0 Å². The molecule has 0 aliphatic carbocycles. The van der Waals surface area contributed by atoms with Crippen LogP contribution < -0.4 is 10.1 Å². The van der Waals surface area contributed by atoms with Crippen LogP contribution in [0.1, 0.15) is 23.2 Å². The molecule has 6 nitrogen and oxygen atoms in total. The van der Waals surface area contributed by atoms with Gasteiger partial charge in [-0.05, 0) is 55.3 Å².